The third-order valence-corrected chi connectivity index (χ3v) is 4.24. The van der Waals surface area contributed by atoms with Crippen LogP contribution in [0.5, 0.6) is 0 Å². The molecule has 5 heteroatoms. The van der Waals surface area contributed by atoms with Gasteiger partial charge in [0.05, 0.1) is 5.56 Å². The molecule has 0 saturated heterocycles. The van der Waals surface area contributed by atoms with Gasteiger partial charge >= 0.3 is 0 Å². The maximum absolute atomic E-state index is 11.5. The molecule has 0 aromatic heterocycles. The lowest BCUT2D eigenvalue weighted by atomic mass is 9.95. The topological polar surface area (TPSA) is 81.1 Å². The Labute approximate surface area is 115 Å². The smallest absolute Gasteiger partial charge is 0.251 e. The van der Waals surface area contributed by atoms with Crippen LogP contribution in [0, 0.1) is 5.92 Å². The summed E-state index contributed by atoms with van der Waals surface area (Å²) in [4.78, 5) is 11.5. The first-order valence-electron chi connectivity index (χ1n) is 6.04. The molecule has 0 spiro atoms. The van der Waals surface area contributed by atoms with E-state index >= 15 is 0 Å². The van der Waals surface area contributed by atoms with Crippen molar-refractivity contribution in [2.45, 2.75) is 25.3 Å². The number of primary amides is 1. The molecule has 0 bridgehead atoms. The van der Waals surface area contributed by atoms with Crippen LogP contribution in [0.3, 0.4) is 0 Å². The molecule has 5 N–H and O–H groups in total. The van der Waals surface area contributed by atoms with Gasteiger partial charge in [-0.15, -0.1) is 0 Å². The summed E-state index contributed by atoms with van der Waals surface area (Å²) in [7, 11) is 0. The molecule has 1 aromatic carbocycles. The Hall–Kier alpha value is -1.07. The quantitative estimate of drug-likeness (QED) is 0.778. The zero-order chi connectivity index (χ0) is 13.3. The van der Waals surface area contributed by atoms with Gasteiger partial charge < -0.3 is 16.8 Å². The molecule has 1 fully saturated rings. The van der Waals surface area contributed by atoms with Gasteiger partial charge in [0.15, 0.2) is 0 Å². The summed E-state index contributed by atoms with van der Waals surface area (Å²) in [5.41, 5.74) is 12.4. The van der Waals surface area contributed by atoms with Crippen LogP contribution >= 0.6 is 15.9 Å². The van der Waals surface area contributed by atoms with Gasteiger partial charge in [0.1, 0.15) is 0 Å². The molecule has 1 atom stereocenters. The zero-order valence-corrected chi connectivity index (χ0v) is 12.0. The van der Waals surface area contributed by atoms with Crippen molar-refractivity contribution >= 4 is 27.5 Å². The fourth-order valence-corrected chi connectivity index (χ4v) is 2.79. The highest BCUT2D eigenvalue weighted by molar-refractivity contribution is 9.10. The summed E-state index contributed by atoms with van der Waals surface area (Å²) in [6.45, 7) is 2.62. The maximum Gasteiger partial charge on any atom is 0.251 e. The van der Waals surface area contributed by atoms with Gasteiger partial charge in [-0.25, -0.2) is 0 Å². The molecule has 18 heavy (non-hydrogen) atoms. The standard InChI is InChI=1S/C13H18BrN3O/c1-13(7-15,8-5-6-8)17-10-4-2-3-9(14)11(10)12(16)18/h2-4,8,17H,5-7,15H2,1H3,(H2,16,18). The summed E-state index contributed by atoms with van der Waals surface area (Å²) in [6.07, 6.45) is 2.36. The number of nitrogens with one attached hydrogen (secondary N) is 1. The molecule has 2 rings (SSSR count). The maximum atomic E-state index is 11.5. The summed E-state index contributed by atoms with van der Waals surface area (Å²) < 4.78 is 0.704. The monoisotopic (exact) mass is 311 g/mol. The molecular weight excluding hydrogens is 294 g/mol. The number of nitrogens with two attached hydrogens (primary N) is 2. The van der Waals surface area contributed by atoms with Gasteiger partial charge in [0.25, 0.3) is 5.91 Å². The molecule has 0 aliphatic heterocycles. The Morgan fingerprint density at radius 2 is 2.22 bits per heavy atom. The fraction of sp³-hybridized carbons (Fsp3) is 0.462. The minimum Gasteiger partial charge on any atom is -0.378 e. The van der Waals surface area contributed by atoms with Gasteiger partial charge in [-0.2, -0.15) is 0 Å². The van der Waals surface area contributed by atoms with Crippen molar-refractivity contribution in [2.75, 3.05) is 11.9 Å². The van der Waals surface area contributed by atoms with Gasteiger partial charge in [0.2, 0.25) is 0 Å². The Balaban J connectivity index is 2.33. The normalized spacial score (nSPS) is 18.2. The van der Waals surface area contributed by atoms with Crippen molar-refractivity contribution in [3.8, 4) is 0 Å². The number of halogens is 1. The minimum absolute atomic E-state index is 0.176. The summed E-state index contributed by atoms with van der Waals surface area (Å²) in [5.74, 6) is 0.127. The van der Waals surface area contributed by atoms with Crippen LogP contribution in [0.25, 0.3) is 0 Å². The van der Waals surface area contributed by atoms with E-state index < -0.39 is 5.91 Å². The minimum atomic E-state index is -0.444. The molecule has 1 unspecified atom stereocenters. The number of hydrogen-bond donors (Lipinski definition) is 3. The Morgan fingerprint density at radius 3 is 2.72 bits per heavy atom. The van der Waals surface area contributed by atoms with E-state index in [0.717, 1.165) is 5.69 Å². The highest BCUT2D eigenvalue weighted by Gasteiger charge is 2.40. The number of rotatable bonds is 5. The average Bonchev–Trinajstić information content (AvgIpc) is 3.12. The molecule has 1 aliphatic carbocycles. The van der Waals surface area contributed by atoms with E-state index in [1.807, 2.05) is 18.2 Å². The van der Waals surface area contributed by atoms with Crippen LogP contribution in [0.2, 0.25) is 0 Å². The highest BCUT2D eigenvalue weighted by atomic mass is 79.9. The zero-order valence-electron chi connectivity index (χ0n) is 10.4. The summed E-state index contributed by atoms with van der Waals surface area (Å²) >= 11 is 3.36. The van der Waals surface area contributed by atoms with E-state index in [4.69, 9.17) is 11.5 Å². The first-order chi connectivity index (χ1) is 8.48. The van der Waals surface area contributed by atoms with Crippen molar-refractivity contribution in [1.82, 2.24) is 0 Å². The molecule has 1 amide bonds. The summed E-state index contributed by atoms with van der Waals surface area (Å²) in [6, 6.07) is 5.55. The largest absolute Gasteiger partial charge is 0.378 e. The van der Waals surface area contributed by atoms with Gasteiger partial charge in [-0.3, -0.25) is 4.79 Å². The first kappa shape index (κ1) is 13.4. The Kier molecular flexibility index (Phi) is 3.64. The predicted octanol–water partition coefficient (Wildman–Crippen LogP) is 2.09. The number of benzene rings is 1. The molecule has 1 aromatic rings. The van der Waals surface area contributed by atoms with E-state index in [-0.39, 0.29) is 5.54 Å². The Morgan fingerprint density at radius 1 is 1.56 bits per heavy atom. The molecular formula is C13H18BrN3O. The second-order valence-corrected chi connectivity index (χ2v) is 5.90. The molecule has 1 saturated carbocycles. The lowest BCUT2D eigenvalue weighted by Crippen LogP contribution is -2.45. The average molecular weight is 312 g/mol. The molecule has 98 valence electrons. The van der Waals surface area contributed by atoms with Gasteiger partial charge in [0, 0.05) is 22.2 Å². The van der Waals surface area contributed by atoms with Crippen molar-refractivity contribution in [3.63, 3.8) is 0 Å². The van der Waals surface area contributed by atoms with E-state index in [9.17, 15) is 4.79 Å². The van der Waals surface area contributed by atoms with Crippen LogP contribution in [-0.2, 0) is 0 Å². The Bertz CT molecular complexity index is 473. The van der Waals surface area contributed by atoms with Crippen LogP contribution in [-0.4, -0.2) is 18.0 Å². The van der Waals surface area contributed by atoms with Gasteiger partial charge in [-0.05, 0) is 53.7 Å². The van der Waals surface area contributed by atoms with E-state index in [1.165, 1.54) is 12.8 Å². The number of carbonyl (C=O) groups is 1. The first-order valence-corrected chi connectivity index (χ1v) is 6.84. The molecule has 1 aliphatic rings. The number of amides is 1. The van der Waals surface area contributed by atoms with Gasteiger partial charge in [-0.1, -0.05) is 6.07 Å². The molecule has 4 nitrogen and oxygen atoms in total. The van der Waals surface area contributed by atoms with Crippen LogP contribution < -0.4 is 16.8 Å². The lowest BCUT2D eigenvalue weighted by Gasteiger charge is -2.31. The van der Waals surface area contributed by atoms with Crippen molar-refractivity contribution in [2.24, 2.45) is 17.4 Å². The lowest BCUT2D eigenvalue weighted by molar-refractivity contribution is 0.1000. The van der Waals surface area contributed by atoms with Crippen LogP contribution in [0.4, 0.5) is 5.69 Å². The fourth-order valence-electron chi connectivity index (χ4n) is 2.23. The predicted molar refractivity (Wildman–Crippen MR) is 76.5 cm³/mol. The molecule has 0 radical (unpaired) electrons. The van der Waals surface area contributed by atoms with Crippen LogP contribution in [0.1, 0.15) is 30.1 Å². The van der Waals surface area contributed by atoms with E-state index in [2.05, 4.69) is 28.2 Å². The number of anilines is 1. The van der Waals surface area contributed by atoms with Crippen molar-refractivity contribution in [3.05, 3.63) is 28.2 Å². The van der Waals surface area contributed by atoms with Crippen molar-refractivity contribution < 1.29 is 4.79 Å². The van der Waals surface area contributed by atoms with E-state index in [0.29, 0.717) is 22.5 Å². The SMILES string of the molecule is CC(CN)(Nc1cccc(Br)c1C(N)=O)C1CC1. The second-order valence-electron chi connectivity index (χ2n) is 5.05. The summed E-state index contributed by atoms with van der Waals surface area (Å²) in [5, 5.41) is 3.40. The number of hydrogen-bond acceptors (Lipinski definition) is 3. The van der Waals surface area contributed by atoms with E-state index in [1.54, 1.807) is 0 Å². The molecule has 0 heterocycles. The van der Waals surface area contributed by atoms with Crippen molar-refractivity contribution in [1.29, 1.82) is 0 Å². The highest BCUT2D eigenvalue weighted by Crippen LogP contribution is 2.41. The van der Waals surface area contributed by atoms with Crippen LogP contribution in [0.15, 0.2) is 22.7 Å². The third kappa shape index (κ3) is 2.52. The second kappa shape index (κ2) is 4.90. The third-order valence-electron chi connectivity index (χ3n) is 3.58. The number of carbonyl (C=O) groups excluding carboxylic acids is 1.